The van der Waals surface area contributed by atoms with Crippen molar-refractivity contribution in [2.75, 3.05) is 25.5 Å². The largest absolute Gasteiger partial charge is 0.497 e. The average molecular weight is 486 g/mol. The minimum absolute atomic E-state index is 0.102. The molecule has 5 N–H and O–H groups in total. The van der Waals surface area contributed by atoms with Crippen LogP contribution in [0.25, 0.3) is 21.8 Å². The Hall–Kier alpha value is -3.58. The van der Waals surface area contributed by atoms with Crippen molar-refractivity contribution in [3.8, 4) is 5.75 Å². The number of fused-ring (bicyclic) bond motifs is 3. The monoisotopic (exact) mass is 485 g/mol. The van der Waals surface area contributed by atoms with Crippen molar-refractivity contribution in [1.29, 1.82) is 0 Å². The lowest BCUT2D eigenvalue weighted by atomic mass is 9.92. The van der Waals surface area contributed by atoms with Gasteiger partial charge in [-0.15, -0.1) is 0 Å². The van der Waals surface area contributed by atoms with Crippen molar-refractivity contribution in [3.05, 3.63) is 65.5 Å². The summed E-state index contributed by atoms with van der Waals surface area (Å²) in [6.07, 6.45) is 8.78. The number of H-pyrrole nitrogens is 1. The number of anilines is 1. The predicted octanol–water partition coefficient (Wildman–Crippen LogP) is 4.48. The molecule has 5 rings (SSSR count). The topological polar surface area (TPSA) is 105 Å². The number of aromatic nitrogens is 2. The number of aryl methyl sites for hydroxylation is 1. The maximum atomic E-state index is 12.5. The Morgan fingerprint density at radius 2 is 1.94 bits per heavy atom. The third kappa shape index (κ3) is 5.16. The van der Waals surface area contributed by atoms with E-state index >= 15 is 0 Å². The van der Waals surface area contributed by atoms with Crippen LogP contribution in [0.1, 0.15) is 42.5 Å². The number of rotatable bonds is 10. The second-order valence-electron chi connectivity index (χ2n) is 9.60. The van der Waals surface area contributed by atoms with Gasteiger partial charge in [0.2, 0.25) is 5.91 Å². The fraction of sp³-hybridized carbons (Fsp3) is 0.379. The Morgan fingerprint density at radius 3 is 2.83 bits per heavy atom. The van der Waals surface area contributed by atoms with Crippen LogP contribution in [0.15, 0.2) is 48.7 Å². The lowest BCUT2D eigenvalue weighted by molar-refractivity contribution is -0.122. The molecule has 0 unspecified atom stereocenters. The first-order chi connectivity index (χ1) is 17.6. The number of para-hydroxylation sites is 1. The zero-order valence-electron chi connectivity index (χ0n) is 20.9. The van der Waals surface area contributed by atoms with Crippen molar-refractivity contribution in [2.24, 2.45) is 5.73 Å². The van der Waals surface area contributed by atoms with E-state index in [9.17, 15) is 4.79 Å². The molecule has 0 spiro atoms. The van der Waals surface area contributed by atoms with Crippen molar-refractivity contribution in [3.63, 3.8) is 0 Å². The molecule has 0 saturated heterocycles. The number of nitrogens with one attached hydrogen (secondary N) is 3. The third-order valence-corrected chi connectivity index (χ3v) is 7.13. The minimum atomic E-state index is -0.563. The SMILES string of the molecule is COc1ccc2nc3c(c(NCCCCNC(=O)[C@@H](N)Cc4c[nH]c5ccccc45)c2c1)CCCC3. The first-order valence-corrected chi connectivity index (χ1v) is 13.0. The highest BCUT2D eigenvalue weighted by Gasteiger charge is 2.19. The lowest BCUT2D eigenvalue weighted by Crippen LogP contribution is -2.42. The fourth-order valence-corrected chi connectivity index (χ4v) is 5.17. The number of carbonyl (C=O) groups is 1. The van der Waals surface area contributed by atoms with E-state index in [0.717, 1.165) is 65.3 Å². The van der Waals surface area contributed by atoms with E-state index < -0.39 is 6.04 Å². The molecule has 2 aromatic carbocycles. The summed E-state index contributed by atoms with van der Waals surface area (Å²) in [4.78, 5) is 20.7. The molecule has 36 heavy (non-hydrogen) atoms. The maximum absolute atomic E-state index is 12.5. The van der Waals surface area contributed by atoms with Crippen LogP contribution in [0.3, 0.4) is 0 Å². The fourth-order valence-electron chi connectivity index (χ4n) is 5.17. The van der Waals surface area contributed by atoms with E-state index in [0.29, 0.717) is 13.0 Å². The molecule has 1 aliphatic carbocycles. The second kappa shape index (κ2) is 11.0. The normalized spacial score (nSPS) is 13.9. The molecule has 0 saturated carbocycles. The number of carbonyl (C=O) groups excluding carboxylic acids is 1. The van der Waals surface area contributed by atoms with Crippen LogP contribution >= 0.6 is 0 Å². The van der Waals surface area contributed by atoms with Gasteiger partial charge in [-0.25, -0.2) is 0 Å². The number of nitrogens with zero attached hydrogens (tertiary/aromatic N) is 1. The number of hydrogen-bond acceptors (Lipinski definition) is 5. The van der Waals surface area contributed by atoms with Gasteiger partial charge in [-0.05, 0) is 80.3 Å². The van der Waals surface area contributed by atoms with Crippen LogP contribution in [-0.4, -0.2) is 42.1 Å². The quantitative estimate of drug-likeness (QED) is 0.248. The van der Waals surface area contributed by atoms with Gasteiger partial charge in [0.1, 0.15) is 5.75 Å². The molecule has 2 aromatic heterocycles. The van der Waals surface area contributed by atoms with Crippen LogP contribution in [0.2, 0.25) is 0 Å². The summed E-state index contributed by atoms with van der Waals surface area (Å²) < 4.78 is 5.47. The highest BCUT2D eigenvalue weighted by molar-refractivity contribution is 5.94. The van der Waals surface area contributed by atoms with Crippen molar-refractivity contribution in [2.45, 2.75) is 51.0 Å². The number of benzene rings is 2. The summed E-state index contributed by atoms with van der Waals surface area (Å²) in [5, 5.41) is 8.93. The lowest BCUT2D eigenvalue weighted by Gasteiger charge is -2.22. The Bertz CT molecular complexity index is 1360. The average Bonchev–Trinajstić information content (AvgIpc) is 3.32. The number of unbranched alkanes of at least 4 members (excludes halogenated alkanes) is 1. The highest BCUT2D eigenvalue weighted by atomic mass is 16.5. The van der Waals surface area contributed by atoms with Crippen LogP contribution in [0.5, 0.6) is 5.75 Å². The van der Waals surface area contributed by atoms with Gasteiger partial charge >= 0.3 is 0 Å². The number of hydrogen-bond donors (Lipinski definition) is 4. The minimum Gasteiger partial charge on any atom is -0.497 e. The Labute approximate surface area is 211 Å². The van der Waals surface area contributed by atoms with Crippen LogP contribution < -0.4 is 21.1 Å². The molecular formula is C29H35N5O2. The van der Waals surface area contributed by atoms with Crippen molar-refractivity contribution in [1.82, 2.24) is 15.3 Å². The van der Waals surface area contributed by atoms with Gasteiger partial charge in [-0.2, -0.15) is 0 Å². The number of pyridine rings is 1. The van der Waals surface area contributed by atoms with E-state index in [1.54, 1.807) is 7.11 Å². The molecule has 7 heteroatoms. The first kappa shape index (κ1) is 24.1. The van der Waals surface area contributed by atoms with Gasteiger partial charge in [-0.1, -0.05) is 18.2 Å². The number of methoxy groups -OCH3 is 1. The highest BCUT2D eigenvalue weighted by Crippen LogP contribution is 2.35. The number of ether oxygens (including phenoxy) is 1. The predicted molar refractivity (Wildman–Crippen MR) is 146 cm³/mol. The summed E-state index contributed by atoms with van der Waals surface area (Å²) in [5.74, 6) is 0.740. The van der Waals surface area contributed by atoms with E-state index in [-0.39, 0.29) is 5.91 Å². The molecule has 1 aliphatic rings. The third-order valence-electron chi connectivity index (χ3n) is 7.13. The smallest absolute Gasteiger partial charge is 0.237 e. The van der Waals surface area contributed by atoms with Gasteiger partial charge in [0.25, 0.3) is 0 Å². The zero-order chi connectivity index (χ0) is 24.9. The summed E-state index contributed by atoms with van der Waals surface area (Å²) in [7, 11) is 1.70. The van der Waals surface area contributed by atoms with E-state index in [1.807, 2.05) is 36.5 Å². The molecular weight excluding hydrogens is 450 g/mol. The van der Waals surface area contributed by atoms with E-state index in [1.165, 1.54) is 29.8 Å². The molecule has 0 radical (unpaired) electrons. The molecule has 0 bridgehead atoms. The molecule has 0 aliphatic heterocycles. The summed E-state index contributed by atoms with van der Waals surface area (Å²) in [6.45, 7) is 1.45. The van der Waals surface area contributed by atoms with Crippen molar-refractivity contribution >= 4 is 33.4 Å². The van der Waals surface area contributed by atoms with Crippen LogP contribution in [-0.2, 0) is 24.1 Å². The molecule has 1 amide bonds. The molecule has 188 valence electrons. The molecule has 7 nitrogen and oxygen atoms in total. The Balaban J connectivity index is 1.13. The molecule has 4 aromatic rings. The zero-order valence-corrected chi connectivity index (χ0v) is 20.9. The van der Waals surface area contributed by atoms with Crippen LogP contribution in [0.4, 0.5) is 5.69 Å². The van der Waals surface area contributed by atoms with E-state index in [4.69, 9.17) is 15.5 Å². The first-order valence-electron chi connectivity index (χ1n) is 13.0. The summed E-state index contributed by atoms with van der Waals surface area (Å²) in [6, 6.07) is 13.6. The number of amides is 1. The van der Waals surface area contributed by atoms with Gasteiger partial charge in [0.15, 0.2) is 0 Å². The van der Waals surface area contributed by atoms with Crippen LogP contribution in [0, 0.1) is 0 Å². The standard InChI is InChI=1S/C29H35N5O2/c1-36-20-12-13-27-23(17-20)28(22-9-3-5-11-26(22)34-27)31-14-6-7-15-32-29(35)24(30)16-19-18-33-25-10-4-2-8-21(19)25/h2,4,8,10,12-13,17-18,24,33H,3,5-7,9,11,14-16,30H2,1H3,(H,31,34)(H,32,35)/t24-/m0/s1. The second-order valence-corrected chi connectivity index (χ2v) is 9.60. The summed E-state index contributed by atoms with van der Waals surface area (Å²) in [5.41, 5.74) is 13.1. The maximum Gasteiger partial charge on any atom is 0.237 e. The van der Waals surface area contributed by atoms with E-state index in [2.05, 4.69) is 27.8 Å². The summed E-state index contributed by atoms with van der Waals surface area (Å²) >= 11 is 0. The number of aromatic amines is 1. The molecule has 0 fully saturated rings. The Kier molecular flexibility index (Phi) is 7.37. The molecule has 1 atom stereocenters. The molecule has 2 heterocycles. The van der Waals surface area contributed by atoms with Crippen molar-refractivity contribution < 1.29 is 9.53 Å². The van der Waals surface area contributed by atoms with Gasteiger partial charge in [-0.3, -0.25) is 9.78 Å². The van der Waals surface area contributed by atoms with Gasteiger partial charge in [0.05, 0.1) is 18.7 Å². The Morgan fingerprint density at radius 1 is 1.11 bits per heavy atom. The number of nitrogens with two attached hydrogens (primary N) is 1. The van der Waals surface area contributed by atoms with Gasteiger partial charge in [0, 0.05) is 47.0 Å². The van der Waals surface area contributed by atoms with Gasteiger partial charge < -0.3 is 26.1 Å².